The number of benzene rings is 1. The summed E-state index contributed by atoms with van der Waals surface area (Å²) in [6.07, 6.45) is 1.32. The first-order valence-corrected chi connectivity index (χ1v) is 5.72. The van der Waals surface area contributed by atoms with Gasteiger partial charge in [-0.1, -0.05) is 13.8 Å². The summed E-state index contributed by atoms with van der Waals surface area (Å²) < 4.78 is 13.3. The van der Waals surface area contributed by atoms with E-state index in [1.54, 1.807) is 17.0 Å². The molecule has 90 valence electrons. The summed E-state index contributed by atoms with van der Waals surface area (Å²) in [5, 5.41) is 8.56. The van der Waals surface area contributed by atoms with Gasteiger partial charge < -0.3 is 4.90 Å². The fourth-order valence-corrected chi connectivity index (χ4v) is 1.68. The summed E-state index contributed by atoms with van der Waals surface area (Å²) >= 11 is 0. The largest absolute Gasteiger partial charge is 0.312 e. The zero-order chi connectivity index (χ0) is 12.8. The number of nitriles is 1. The highest BCUT2D eigenvalue weighted by Crippen LogP contribution is 2.23. The minimum atomic E-state index is -0.574. The topological polar surface area (TPSA) is 44.1 Å². The van der Waals surface area contributed by atoms with Gasteiger partial charge >= 0.3 is 0 Å². The van der Waals surface area contributed by atoms with Gasteiger partial charge in [-0.15, -0.1) is 0 Å². The van der Waals surface area contributed by atoms with Crippen LogP contribution in [0.15, 0.2) is 18.2 Å². The molecule has 1 aliphatic heterocycles. The predicted molar refractivity (Wildman–Crippen MR) is 64.1 cm³/mol. The Balaban J connectivity index is 0.000000686. The molecule has 0 unspecified atom stereocenters. The van der Waals surface area contributed by atoms with E-state index < -0.39 is 5.82 Å². The number of halogens is 1. The summed E-state index contributed by atoms with van der Waals surface area (Å²) in [5.74, 6) is -0.561. The fraction of sp³-hybridized carbons (Fsp3) is 0.385. The molecule has 1 fully saturated rings. The Kier molecular flexibility index (Phi) is 4.65. The molecule has 1 aromatic carbocycles. The van der Waals surface area contributed by atoms with Gasteiger partial charge in [-0.05, 0) is 24.6 Å². The Morgan fingerprint density at radius 2 is 2.12 bits per heavy atom. The normalized spacial score (nSPS) is 14.0. The predicted octanol–water partition coefficient (Wildman–Crippen LogP) is 2.85. The number of carbonyl (C=O) groups excluding carboxylic acids is 1. The molecular weight excluding hydrogens is 219 g/mol. The molecule has 0 atom stereocenters. The van der Waals surface area contributed by atoms with E-state index in [-0.39, 0.29) is 11.5 Å². The Labute approximate surface area is 100 Å². The molecule has 0 bridgehead atoms. The van der Waals surface area contributed by atoms with Gasteiger partial charge in [0.15, 0.2) is 0 Å². The maximum Gasteiger partial charge on any atom is 0.227 e. The lowest BCUT2D eigenvalue weighted by atomic mass is 10.2. The van der Waals surface area contributed by atoms with Crippen LogP contribution in [0.25, 0.3) is 0 Å². The molecule has 0 N–H and O–H groups in total. The Morgan fingerprint density at radius 1 is 1.41 bits per heavy atom. The van der Waals surface area contributed by atoms with Crippen LogP contribution in [0.3, 0.4) is 0 Å². The lowest BCUT2D eigenvalue weighted by Crippen LogP contribution is -2.23. The smallest absolute Gasteiger partial charge is 0.227 e. The first-order valence-electron chi connectivity index (χ1n) is 5.72. The molecule has 0 aliphatic carbocycles. The fourth-order valence-electron chi connectivity index (χ4n) is 1.68. The van der Waals surface area contributed by atoms with E-state index in [1.807, 2.05) is 13.8 Å². The average molecular weight is 234 g/mol. The summed E-state index contributed by atoms with van der Waals surface area (Å²) in [6, 6.07) is 5.98. The van der Waals surface area contributed by atoms with Gasteiger partial charge in [0.2, 0.25) is 5.91 Å². The van der Waals surface area contributed by atoms with Crippen LogP contribution in [-0.2, 0) is 4.79 Å². The van der Waals surface area contributed by atoms with E-state index in [1.165, 1.54) is 12.1 Å². The molecule has 4 heteroatoms. The highest BCUT2D eigenvalue weighted by atomic mass is 19.1. The summed E-state index contributed by atoms with van der Waals surface area (Å²) in [7, 11) is 0. The van der Waals surface area contributed by atoms with E-state index >= 15 is 0 Å². The number of carbonyl (C=O) groups is 1. The maximum atomic E-state index is 13.3. The summed E-state index contributed by atoms with van der Waals surface area (Å²) in [4.78, 5) is 12.9. The third-order valence-electron chi connectivity index (χ3n) is 2.46. The third kappa shape index (κ3) is 2.82. The highest BCUT2D eigenvalue weighted by molar-refractivity contribution is 5.95. The molecule has 0 radical (unpaired) electrons. The van der Waals surface area contributed by atoms with Crippen molar-refractivity contribution in [1.82, 2.24) is 0 Å². The monoisotopic (exact) mass is 234 g/mol. The van der Waals surface area contributed by atoms with Gasteiger partial charge in [0, 0.05) is 18.7 Å². The standard InChI is InChI=1S/C11H9FN2O.C2H6/c12-10-6-9(4-3-8(10)7-13)14-5-1-2-11(14)15;1-2/h3-4,6H,1-2,5H2;1-2H3. The van der Waals surface area contributed by atoms with E-state index in [2.05, 4.69) is 0 Å². The second-order valence-corrected chi connectivity index (χ2v) is 3.42. The van der Waals surface area contributed by atoms with Crippen LogP contribution in [0.2, 0.25) is 0 Å². The van der Waals surface area contributed by atoms with Gasteiger partial charge in [-0.25, -0.2) is 4.39 Å². The number of hydrogen-bond donors (Lipinski definition) is 0. The number of amides is 1. The van der Waals surface area contributed by atoms with Crippen LogP contribution < -0.4 is 4.90 Å². The maximum absolute atomic E-state index is 13.3. The molecule has 1 amide bonds. The molecule has 17 heavy (non-hydrogen) atoms. The SMILES string of the molecule is CC.N#Cc1ccc(N2CCCC2=O)cc1F. The zero-order valence-electron chi connectivity index (χ0n) is 10.0. The van der Waals surface area contributed by atoms with Crippen molar-refractivity contribution in [2.45, 2.75) is 26.7 Å². The first kappa shape index (κ1) is 13.2. The van der Waals surface area contributed by atoms with E-state index in [9.17, 15) is 9.18 Å². The van der Waals surface area contributed by atoms with E-state index in [0.29, 0.717) is 18.7 Å². The molecule has 2 rings (SSSR count). The zero-order valence-corrected chi connectivity index (χ0v) is 10.0. The van der Waals surface area contributed by atoms with Crippen molar-refractivity contribution in [1.29, 1.82) is 5.26 Å². The molecular formula is C13H15FN2O. The van der Waals surface area contributed by atoms with Crippen LogP contribution in [0.4, 0.5) is 10.1 Å². The van der Waals surface area contributed by atoms with Crippen molar-refractivity contribution in [2.24, 2.45) is 0 Å². The van der Waals surface area contributed by atoms with Crippen molar-refractivity contribution in [2.75, 3.05) is 11.4 Å². The molecule has 3 nitrogen and oxygen atoms in total. The summed E-state index contributed by atoms with van der Waals surface area (Å²) in [6.45, 7) is 4.63. The second kappa shape index (κ2) is 6.00. The number of rotatable bonds is 1. The minimum Gasteiger partial charge on any atom is -0.312 e. The number of hydrogen-bond acceptors (Lipinski definition) is 2. The van der Waals surface area contributed by atoms with Crippen LogP contribution in [-0.4, -0.2) is 12.5 Å². The van der Waals surface area contributed by atoms with Crippen molar-refractivity contribution in [3.8, 4) is 6.07 Å². The average Bonchev–Trinajstić information content (AvgIpc) is 2.78. The summed E-state index contributed by atoms with van der Waals surface area (Å²) in [5.41, 5.74) is 0.541. The molecule has 1 saturated heterocycles. The Morgan fingerprint density at radius 3 is 2.59 bits per heavy atom. The van der Waals surface area contributed by atoms with E-state index in [0.717, 1.165) is 6.42 Å². The molecule has 0 spiro atoms. The lowest BCUT2D eigenvalue weighted by molar-refractivity contribution is -0.117. The second-order valence-electron chi connectivity index (χ2n) is 3.42. The van der Waals surface area contributed by atoms with Gasteiger partial charge in [0.25, 0.3) is 0 Å². The molecule has 0 saturated carbocycles. The quantitative estimate of drug-likeness (QED) is 0.750. The Hall–Kier alpha value is -1.89. The molecule has 0 aromatic heterocycles. The van der Waals surface area contributed by atoms with Gasteiger partial charge in [-0.3, -0.25) is 4.79 Å². The van der Waals surface area contributed by atoms with Crippen LogP contribution in [0, 0.1) is 17.1 Å². The van der Waals surface area contributed by atoms with Gasteiger partial charge in [-0.2, -0.15) is 5.26 Å². The van der Waals surface area contributed by atoms with Crippen molar-refractivity contribution in [3.05, 3.63) is 29.6 Å². The first-order chi connectivity index (χ1) is 8.22. The number of anilines is 1. The highest BCUT2D eigenvalue weighted by Gasteiger charge is 2.22. The van der Waals surface area contributed by atoms with E-state index in [4.69, 9.17) is 5.26 Å². The van der Waals surface area contributed by atoms with Crippen LogP contribution in [0.1, 0.15) is 32.3 Å². The third-order valence-corrected chi connectivity index (χ3v) is 2.46. The minimum absolute atomic E-state index is 0.00500. The van der Waals surface area contributed by atoms with Gasteiger partial charge in [0.05, 0.1) is 5.56 Å². The lowest BCUT2D eigenvalue weighted by Gasteiger charge is -2.15. The van der Waals surface area contributed by atoms with Crippen molar-refractivity contribution < 1.29 is 9.18 Å². The molecule has 1 aliphatic rings. The molecule has 1 aromatic rings. The van der Waals surface area contributed by atoms with Crippen molar-refractivity contribution in [3.63, 3.8) is 0 Å². The van der Waals surface area contributed by atoms with Gasteiger partial charge in [0.1, 0.15) is 11.9 Å². The molecule has 1 heterocycles. The Bertz CT molecular complexity index is 451. The van der Waals surface area contributed by atoms with Crippen LogP contribution in [0.5, 0.6) is 0 Å². The van der Waals surface area contributed by atoms with Crippen LogP contribution >= 0.6 is 0 Å². The van der Waals surface area contributed by atoms with Crippen molar-refractivity contribution >= 4 is 11.6 Å². The number of nitrogens with zero attached hydrogens (tertiary/aromatic N) is 2.